The van der Waals surface area contributed by atoms with Gasteiger partial charge in [0, 0.05) is 43.1 Å². The second-order valence-electron chi connectivity index (χ2n) is 5.94. The minimum absolute atomic E-state index is 0. The van der Waals surface area contributed by atoms with E-state index in [0.29, 0.717) is 6.04 Å². The summed E-state index contributed by atoms with van der Waals surface area (Å²) in [5.41, 5.74) is 3.28. The van der Waals surface area contributed by atoms with E-state index < -0.39 is 0 Å². The number of carbonyl (C=O) groups is 1. The molecule has 0 radical (unpaired) electrons. The van der Waals surface area contributed by atoms with E-state index in [1.807, 2.05) is 4.90 Å². The molecule has 2 heterocycles. The van der Waals surface area contributed by atoms with Crippen molar-refractivity contribution >= 4 is 18.3 Å². The highest BCUT2D eigenvalue weighted by Gasteiger charge is 2.31. The molecule has 20 heavy (non-hydrogen) atoms. The van der Waals surface area contributed by atoms with Crippen LogP contribution in [0.2, 0.25) is 0 Å². The van der Waals surface area contributed by atoms with Crippen LogP contribution in [0, 0.1) is 13.8 Å². The summed E-state index contributed by atoms with van der Waals surface area (Å²) in [6, 6.07) is 3.00. The van der Waals surface area contributed by atoms with E-state index in [1.165, 1.54) is 18.5 Å². The van der Waals surface area contributed by atoms with Gasteiger partial charge in [0.25, 0.3) is 5.91 Å². The lowest BCUT2D eigenvalue weighted by molar-refractivity contribution is 0.0655. The Labute approximate surface area is 126 Å². The lowest BCUT2D eigenvalue weighted by Gasteiger charge is -2.34. The first-order valence-electron chi connectivity index (χ1n) is 7.29. The predicted octanol–water partition coefficient (Wildman–Crippen LogP) is 2.30. The van der Waals surface area contributed by atoms with Crippen molar-refractivity contribution in [2.75, 3.05) is 19.6 Å². The molecule has 3 rings (SSSR count). The Bertz CT molecular complexity index is 507. The molecule has 0 unspecified atom stereocenters. The Morgan fingerprint density at radius 1 is 1.35 bits per heavy atom. The number of halogens is 1. The first-order valence-corrected chi connectivity index (χ1v) is 7.29. The molecule has 1 amide bonds. The van der Waals surface area contributed by atoms with Crippen LogP contribution < -0.4 is 5.32 Å². The summed E-state index contributed by atoms with van der Waals surface area (Å²) in [5, 5.41) is 3.33. The minimum Gasteiger partial charge on any atom is -0.345 e. The molecule has 1 aromatic rings. The van der Waals surface area contributed by atoms with E-state index in [-0.39, 0.29) is 24.4 Å². The highest BCUT2D eigenvalue weighted by atomic mass is 35.5. The third-order valence-corrected chi connectivity index (χ3v) is 4.39. The summed E-state index contributed by atoms with van der Waals surface area (Å²) < 4.78 is 2.35. The predicted molar refractivity (Wildman–Crippen MR) is 82.8 cm³/mol. The second-order valence-corrected chi connectivity index (χ2v) is 5.94. The Kier molecular flexibility index (Phi) is 4.45. The van der Waals surface area contributed by atoms with Gasteiger partial charge in [-0.15, -0.1) is 12.4 Å². The molecule has 0 aromatic carbocycles. The lowest BCUT2D eigenvalue weighted by atomic mass is 10.1. The highest BCUT2D eigenvalue weighted by molar-refractivity contribution is 5.96. The maximum Gasteiger partial charge on any atom is 0.256 e. The fraction of sp³-hybridized carbons (Fsp3) is 0.667. The Hall–Kier alpha value is -1.000. The molecule has 0 bridgehead atoms. The number of nitrogens with zero attached hydrogens (tertiary/aromatic N) is 2. The summed E-state index contributed by atoms with van der Waals surface area (Å²) in [5.74, 6) is 0.203. The first-order chi connectivity index (χ1) is 9.09. The van der Waals surface area contributed by atoms with Crippen LogP contribution in [0.1, 0.15) is 47.6 Å². The summed E-state index contributed by atoms with van der Waals surface area (Å²) in [6.45, 7) is 8.93. The molecule has 2 fully saturated rings. The van der Waals surface area contributed by atoms with Crippen molar-refractivity contribution in [1.29, 1.82) is 0 Å². The first kappa shape index (κ1) is 15.4. The average molecular weight is 298 g/mol. The van der Waals surface area contributed by atoms with Crippen LogP contribution >= 0.6 is 12.4 Å². The van der Waals surface area contributed by atoms with Gasteiger partial charge in [0.05, 0.1) is 5.56 Å². The van der Waals surface area contributed by atoms with E-state index in [1.54, 1.807) is 0 Å². The molecule has 1 aliphatic heterocycles. The van der Waals surface area contributed by atoms with E-state index in [0.717, 1.165) is 30.9 Å². The molecule has 1 saturated heterocycles. The number of carbonyl (C=O) groups excluding carboxylic acids is 1. The normalized spacial score (nSPS) is 22.6. The smallest absolute Gasteiger partial charge is 0.256 e. The third kappa shape index (κ3) is 2.59. The maximum absolute atomic E-state index is 12.7. The molecular weight excluding hydrogens is 274 g/mol. The van der Waals surface area contributed by atoms with Crippen molar-refractivity contribution in [3.63, 3.8) is 0 Å². The average Bonchev–Trinajstić information content (AvgIpc) is 3.16. The standard InChI is InChI=1S/C15H23N3O.ClH/c1-10-8-14(12(3)18(10)13-4-5-13)15(19)17-7-6-16-9-11(17)2;/h8,11,13,16H,4-7,9H2,1-3H3;1H/t11-;/m0./s1. The zero-order valence-corrected chi connectivity index (χ0v) is 13.3. The SMILES string of the molecule is Cc1cc(C(=O)N2CCNC[C@@H]2C)c(C)n1C1CC1.Cl. The number of rotatable bonds is 2. The fourth-order valence-electron chi connectivity index (χ4n) is 3.19. The van der Waals surface area contributed by atoms with Crippen molar-refractivity contribution < 1.29 is 4.79 Å². The van der Waals surface area contributed by atoms with E-state index in [4.69, 9.17) is 0 Å². The van der Waals surface area contributed by atoms with Crippen LogP contribution in [0.25, 0.3) is 0 Å². The Morgan fingerprint density at radius 3 is 2.65 bits per heavy atom. The van der Waals surface area contributed by atoms with E-state index in [2.05, 4.69) is 36.7 Å². The molecule has 2 aliphatic rings. The van der Waals surface area contributed by atoms with Crippen molar-refractivity contribution in [1.82, 2.24) is 14.8 Å². The van der Waals surface area contributed by atoms with Gasteiger partial charge >= 0.3 is 0 Å². The quantitative estimate of drug-likeness (QED) is 0.909. The number of piperazine rings is 1. The Morgan fingerprint density at radius 2 is 2.05 bits per heavy atom. The van der Waals surface area contributed by atoms with Crippen molar-refractivity contribution in [2.24, 2.45) is 0 Å². The van der Waals surface area contributed by atoms with Gasteiger partial charge in [0.2, 0.25) is 0 Å². The van der Waals surface area contributed by atoms with Crippen molar-refractivity contribution in [3.8, 4) is 0 Å². The molecule has 5 heteroatoms. The van der Waals surface area contributed by atoms with Crippen LogP contribution in [0.3, 0.4) is 0 Å². The van der Waals surface area contributed by atoms with Crippen LogP contribution in [0.5, 0.6) is 0 Å². The van der Waals surface area contributed by atoms with Gasteiger partial charge in [0.1, 0.15) is 0 Å². The number of hydrogen-bond donors (Lipinski definition) is 1. The molecule has 112 valence electrons. The summed E-state index contributed by atoms with van der Waals surface area (Å²) >= 11 is 0. The van der Waals surface area contributed by atoms with Crippen LogP contribution in [-0.2, 0) is 0 Å². The largest absolute Gasteiger partial charge is 0.345 e. The molecular formula is C15H24ClN3O. The molecule has 1 aliphatic carbocycles. The van der Waals surface area contributed by atoms with E-state index >= 15 is 0 Å². The number of amides is 1. The molecule has 1 aromatic heterocycles. The number of hydrogen-bond acceptors (Lipinski definition) is 2. The molecule has 1 N–H and O–H groups in total. The number of aromatic nitrogens is 1. The van der Waals surface area contributed by atoms with Crippen molar-refractivity contribution in [2.45, 2.75) is 45.7 Å². The van der Waals surface area contributed by atoms with Gasteiger partial charge < -0.3 is 14.8 Å². The second kappa shape index (κ2) is 5.78. The van der Waals surface area contributed by atoms with Gasteiger partial charge in [0.15, 0.2) is 0 Å². The topological polar surface area (TPSA) is 37.3 Å². The van der Waals surface area contributed by atoms with Crippen LogP contribution in [0.4, 0.5) is 0 Å². The van der Waals surface area contributed by atoms with Gasteiger partial charge in [-0.05, 0) is 39.7 Å². The maximum atomic E-state index is 12.7. The Balaban J connectivity index is 0.00000147. The third-order valence-electron chi connectivity index (χ3n) is 4.39. The number of nitrogens with one attached hydrogen (secondary N) is 1. The van der Waals surface area contributed by atoms with Crippen LogP contribution in [-0.4, -0.2) is 41.1 Å². The van der Waals surface area contributed by atoms with Crippen LogP contribution in [0.15, 0.2) is 6.07 Å². The van der Waals surface area contributed by atoms with Gasteiger partial charge in [-0.2, -0.15) is 0 Å². The zero-order chi connectivity index (χ0) is 13.6. The summed E-state index contributed by atoms with van der Waals surface area (Å²) in [7, 11) is 0. The van der Waals surface area contributed by atoms with Gasteiger partial charge in [-0.1, -0.05) is 0 Å². The van der Waals surface area contributed by atoms with Gasteiger partial charge in [-0.25, -0.2) is 0 Å². The highest BCUT2D eigenvalue weighted by Crippen LogP contribution is 2.38. The minimum atomic E-state index is 0. The van der Waals surface area contributed by atoms with Crippen molar-refractivity contribution in [3.05, 3.63) is 23.0 Å². The molecule has 4 nitrogen and oxygen atoms in total. The molecule has 0 spiro atoms. The lowest BCUT2D eigenvalue weighted by Crippen LogP contribution is -2.52. The monoisotopic (exact) mass is 297 g/mol. The van der Waals surface area contributed by atoms with Gasteiger partial charge in [-0.3, -0.25) is 4.79 Å². The van der Waals surface area contributed by atoms with E-state index in [9.17, 15) is 4.79 Å². The summed E-state index contributed by atoms with van der Waals surface area (Å²) in [6.07, 6.45) is 2.52. The number of aryl methyl sites for hydroxylation is 1. The molecule has 1 saturated carbocycles. The fourth-order valence-corrected chi connectivity index (χ4v) is 3.19. The molecule has 1 atom stereocenters. The zero-order valence-electron chi connectivity index (χ0n) is 12.5. The summed E-state index contributed by atoms with van der Waals surface area (Å²) in [4.78, 5) is 14.7.